The lowest BCUT2D eigenvalue weighted by Crippen LogP contribution is -2.22. The molecule has 2 aliphatic rings. The number of rotatable bonds is 3. The zero-order chi connectivity index (χ0) is 9.47. The molecule has 0 aromatic carbocycles. The topological polar surface area (TPSA) is 31.0 Å². The van der Waals surface area contributed by atoms with Gasteiger partial charge >= 0.3 is 0 Å². The SMILES string of the molecule is CC1(C)OC[C@H](C[C@@H]2O[C@H]2CI)O1. The van der Waals surface area contributed by atoms with E-state index in [-0.39, 0.29) is 11.9 Å². The highest BCUT2D eigenvalue weighted by Gasteiger charge is 2.42. The van der Waals surface area contributed by atoms with Crippen LogP contribution in [-0.4, -0.2) is 35.1 Å². The van der Waals surface area contributed by atoms with Crippen molar-refractivity contribution in [3.05, 3.63) is 0 Å². The van der Waals surface area contributed by atoms with Gasteiger partial charge in [-0.15, -0.1) is 0 Å². The molecule has 0 aromatic heterocycles. The van der Waals surface area contributed by atoms with Gasteiger partial charge in [-0.3, -0.25) is 0 Å². The van der Waals surface area contributed by atoms with Gasteiger partial charge in [-0.2, -0.15) is 0 Å². The lowest BCUT2D eigenvalue weighted by Gasteiger charge is -2.16. The van der Waals surface area contributed by atoms with E-state index in [1.807, 2.05) is 13.8 Å². The second-order valence-electron chi connectivity index (χ2n) is 4.05. The first-order chi connectivity index (χ1) is 6.11. The van der Waals surface area contributed by atoms with Crippen LogP contribution in [0, 0.1) is 0 Å². The van der Waals surface area contributed by atoms with Crippen molar-refractivity contribution in [2.24, 2.45) is 0 Å². The monoisotopic (exact) mass is 298 g/mol. The average molecular weight is 298 g/mol. The number of halogens is 1. The fraction of sp³-hybridized carbons (Fsp3) is 1.00. The predicted molar refractivity (Wildman–Crippen MR) is 57.1 cm³/mol. The maximum Gasteiger partial charge on any atom is 0.163 e. The van der Waals surface area contributed by atoms with Gasteiger partial charge in [-0.25, -0.2) is 0 Å². The molecule has 0 radical (unpaired) electrons. The summed E-state index contributed by atoms with van der Waals surface area (Å²) in [7, 11) is 0. The number of epoxide rings is 1. The Morgan fingerprint density at radius 2 is 2.15 bits per heavy atom. The van der Waals surface area contributed by atoms with Crippen molar-refractivity contribution in [2.75, 3.05) is 11.0 Å². The van der Waals surface area contributed by atoms with Crippen LogP contribution in [0.5, 0.6) is 0 Å². The summed E-state index contributed by atoms with van der Waals surface area (Å²) in [6.07, 6.45) is 2.09. The maximum atomic E-state index is 5.69. The number of hydrogen-bond donors (Lipinski definition) is 0. The van der Waals surface area contributed by atoms with Crippen LogP contribution in [0.4, 0.5) is 0 Å². The normalized spacial score (nSPS) is 42.2. The van der Waals surface area contributed by atoms with Crippen molar-refractivity contribution < 1.29 is 14.2 Å². The van der Waals surface area contributed by atoms with E-state index in [2.05, 4.69) is 22.6 Å². The summed E-state index contributed by atoms with van der Waals surface area (Å²) in [6.45, 7) is 4.62. The smallest absolute Gasteiger partial charge is 0.163 e. The highest BCUT2D eigenvalue weighted by Crippen LogP contribution is 2.33. The Morgan fingerprint density at radius 3 is 2.62 bits per heavy atom. The van der Waals surface area contributed by atoms with Crippen LogP contribution in [0.2, 0.25) is 0 Å². The highest BCUT2D eigenvalue weighted by molar-refractivity contribution is 14.1. The molecule has 2 aliphatic heterocycles. The van der Waals surface area contributed by atoms with E-state index in [1.165, 1.54) is 0 Å². The molecular formula is C9H15IO3. The summed E-state index contributed by atoms with van der Waals surface area (Å²) in [4.78, 5) is 0. The van der Waals surface area contributed by atoms with Gasteiger partial charge in [0, 0.05) is 10.8 Å². The van der Waals surface area contributed by atoms with Crippen molar-refractivity contribution in [2.45, 2.75) is 44.4 Å². The number of alkyl halides is 1. The molecule has 0 saturated carbocycles. The van der Waals surface area contributed by atoms with Crippen LogP contribution >= 0.6 is 22.6 Å². The molecule has 0 amide bonds. The molecule has 0 aliphatic carbocycles. The van der Waals surface area contributed by atoms with Crippen LogP contribution in [0.15, 0.2) is 0 Å². The lowest BCUT2D eigenvalue weighted by atomic mass is 10.2. The second-order valence-corrected chi connectivity index (χ2v) is 4.93. The van der Waals surface area contributed by atoms with Gasteiger partial charge in [-0.1, -0.05) is 22.6 Å². The van der Waals surface area contributed by atoms with Crippen molar-refractivity contribution >= 4 is 22.6 Å². The highest BCUT2D eigenvalue weighted by atomic mass is 127. The zero-order valence-corrected chi connectivity index (χ0v) is 10.1. The molecular weight excluding hydrogens is 283 g/mol. The standard InChI is InChI=1S/C9H15IO3/c1-9(2)11-5-6(13-9)3-7-8(4-10)12-7/h6-8H,3-5H2,1-2H3/t6-,7-,8-/m0/s1. The van der Waals surface area contributed by atoms with Gasteiger partial charge in [0.05, 0.1) is 24.9 Å². The van der Waals surface area contributed by atoms with E-state index < -0.39 is 0 Å². The summed E-state index contributed by atoms with van der Waals surface area (Å²) < 4.78 is 17.7. The molecule has 0 N–H and O–H groups in total. The predicted octanol–water partition coefficient (Wildman–Crippen LogP) is 1.73. The molecule has 0 unspecified atom stereocenters. The van der Waals surface area contributed by atoms with E-state index in [4.69, 9.17) is 14.2 Å². The van der Waals surface area contributed by atoms with E-state index in [0.29, 0.717) is 18.8 Å². The van der Waals surface area contributed by atoms with E-state index in [1.54, 1.807) is 0 Å². The van der Waals surface area contributed by atoms with Gasteiger partial charge in [0.15, 0.2) is 5.79 Å². The fourth-order valence-electron chi connectivity index (χ4n) is 1.66. The molecule has 0 bridgehead atoms. The molecule has 2 rings (SSSR count). The molecule has 4 heteroatoms. The van der Waals surface area contributed by atoms with Gasteiger partial charge < -0.3 is 14.2 Å². The third kappa shape index (κ3) is 2.55. The Bertz CT molecular complexity index is 195. The van der Waals surface area contributed by atoms with Crippen molar-refractivity contribution in [1.29, 1.82) is 0 Å². The minimum Gasteiger partial charge on any atom is -0.369 e. The van der Waals surface area contributed by atoms with E-state index in [0.717, 1.165) is 10.8 Å². The summed E-state index contributed by atoms with van der Waals surface area (Å²) in [6, 6.07) is 0. The van der Waals surface area contributed by atoms with Gasteiger partial charge in [0.2, 0.25) is 0 Å². The quantitative estimate of drug-likeness (QED) is 0.452. The molecule has 13 heavy (non-hydrogen) atoms. The molecule has 76 valence electrons. The first-order valence-electron chi connectivity index (χ1n) is 4.64. The molecule has 3 atom stereocenters. The zero-order valence-electron chi connectivity index (χ0n) is 7.96. The van der Waals surface area contributed by atoms with E-state index in [9.17, 15) is 0 Å². The Labute approximate surface area is 92.2 Å². The second kappa shape index (κ2) is 3.64. The average Bonchev–Trinajstić information content (AvgIpc) is 2.70. The van der Waals surface area contributed by atoms with Crippen LogP contribution in [-0.2, 0) is 14.2 Å². The molecule has 0 spiro atoms. The molecule has 3 nitrogen and oxygen atoms in total. The summed E-state index contributed by atoms with van der Waals surface area (Å²) in [5, 5.41) is 0. The van der Waals surface area contributed by atoms with Gasteiger partial charge in [0.1, 0.15) is 0 Å². The van der Waals surface area contributed by atoms with Crippen molar-refractivity contribution in [3.63, 3.8) is 0 Å². The minimum atomic E-state index is -0.390. The molecule has 0 aromatic rings. The number of hydrogen-bond acceptors (Lipinski definition) is 3. The third-order valence-electron chi connectivity index (χ3n) is 2.40. The fourth-order valence-corrected chi connectivity index (χ4v) is 2.44. The molecule has 2 saturated heterocycles. The first kappa shape index (κ1) is 10.1. The largest absolute Gasteiger partial charge is 0.369 e. The minimum absolute atomic E-state index is 0.230. The summed E-state index contributed by atoms with van der Waals surface area (Å²) in [5.74, 6) is -0.390. The summed E-state index contributed by atoms with van der Waals surface area (Å²) in [5.41, 5.74) is 0. The Morgan fingerprint density at radius 1 is 1.38 bits per heavy atom. The Hall–Kier alpha value is 0.610. The van der Waals surface area contributed by atoms with Crippen LogP contribution in [0.25, 0.3) is 0 Å². The van der Waals surface area contributed by atoms with Crippen molar-refractivity contribution in [3.8, 4) is 0 Å². The Balaban J connectivity index is 1.73. The molecule has 2 heterocycles. The molecule has 2 fully saturated rings. The van der Waals surface area contributed by atoms with E-state index >= 15 is 0 Å². The summed E-state index contributed by atoms with van der Waals surface area (Å²) >= 11 is 2.35. The van der Waals surface area contributed by atoms with Gasteiger partial charge in [0.25, 0.3) is 0 Å². The maximum absolute atomic E-state index is 5.69. The van der Waals surface area contributed by atoms with Crippen LogP contribution in [0.1, 0.15) is 20.3 Å². The van der Waals surface area contributed by atoms with Crippen LogP contribution in [0.3, 0.4) is 0 Å². The van der Waals surface area contributed by atoms with Crippen LogP contribution < -0.4 is 0 Å². The number of ether oxygens (including phenoxy) is 3. The first-order valence-corrected chi connectivity index (χ1v) is 6.16. The lowest BCUT2D eigenvalue weighted by molar-refractivity contribution is -0.139. The Kier molecular flexibility index (Phi) is 2.84. The third-order valence-corrected chi connectivity index (χ3v) is 3.27. The van der Waals surface area contributed by atoms with Crippen molar-refractivity contribution in [1.82, 2.24) is 0 Å². The van der Waals surface area contributed by atoms with Gasteiger partial charge in [-0.05, 0) is 13.8 Å².